The van der Waals surface area contributed by atoms with Crippen LogP contribution in [0.25, 0.3) is 0 Å². The Hall–Kier alpha value is -2.40. The summed E-state index contributed by atoms with van der Waals surface area (Å²) < 4.78 is 15.4. The molecular formula is C22H26O4S. The van der Waals surface area contributed by atoms with E-state index in [0.717, 1.165) is 35.5 Å². The number of carbonyl (C=O) groups excluding carboxylic acids is 1. The number of esters is 1. The molecule has 5 heteroatoms. The summed E-state index contributed by atoms with van der Waals surface area (Å²) in [4.78, 5) is 13.7. The van der Waals surface area contributed by atoms with E-state index in [2.05, 4.69) is 24.3 Å². The van der Waals surface area contributed by atoms with Gasteiger partial charge in [0.25, 0.3) is 0 Å². The van der Waals surface area contributed by atoms with Gasteiger partial charge in [0.1, 0.15) is 0 Å². The molecule has 4 nitrogen and oxygen atoms in total. The van der Waals surface area contributed by atoms with Gasteiger partial charge in [0.2, 0.25) is 0 Å². The Morgan fingerprint density at radius 1 is 0.963 bits per heavy atom. The van der Waals surface area contributed by atoms with Gasteiger partial charge >= 0.3 is 5.97 Å². The first kappa shape index (κ1) is 20.9. The maximum absolute atomic E-state index is 11.7. The highest BCUT2D eigenvalue weighted by atomic mass is 32.2. The number of methoxy groups -OCH3 is 3. The van der Waals surface area contributed by atoms with Gasteiger partial charge in [-0.25, -0.2) is 4.79 Å². The van der Waals surface area contributed by atoms with Gasteiger partial charge in [-0.1, -0.05) is 42.1 Å². The quantitative estimate of drug-likeness (QED) is 0.241. The highest BCUT2D eigenvalue weighted by molar-refractivity contribution is 8.03. The third kappa shape index (κ3) is 7.02. The Labute approximate surface area is 165 Å². The molecule has 0 amide bonds. The largest absolute Gasteiger partial charge is 0.493 e. The summed E-state index contributed by atoms with van der Waals surface area (Å²) in [6.07, 6.45) is 5.49. The SMILES string of the molecule is COC(=O)/C=C(\CCCCc1ccccc1)Sc1ccc(OC)c(OC)c1. The van der Waals surface area contributed by atoms with Crippen LogP contribution in [0.1, 0.15) is 24.8 Å². The van der Waals surface area contributed by atoms with Crippen molar-refractivity contribution in [1.29, 1.82) is 0 Å². The van der Waals surface area contributed by atoms with Crippen molar-refractivity contribution in [1.82, 2.24) is 0 Å². The van der Waals surface area contributed by atoms with Crippen LogP contribution in [-0.2, 0) is 16.0 Å². The van der Waals surface area contributed by atoms with Gasteiger partial charge in [-0.05, 0) is 54.4 Å². The van der Waals surface area contributed by atoms with Crippen LogP contribution in [0.3, 0.4) is 0 Å². The molecule has 0 aliphatic heterocycles. The Kier molecular flexibility index (Phi) is 8.78. The van der Waals surface area contributed by atoms with E-state index in [-0.39, 0.29) is 5.97 Å². The number of hydrogen-bond acceptors (Lipinski definition) is 5. The number of hydrogen-bond donors (Lipinski definition) is 0. The van der Waals surface area contributed by atoms with Crippen molar-refractivity contribution < 1.29 is 19.0 Å². The summed E-state index contributed by atoms with van der Waals surface area (Å²) in [7, 11) is 4.62. The van der Waals surface area contributed by atoms with E-state index in [1.807, 2.05) is 24.3 Å². The number of allylic oxidation sites excluding steroid dienone is 1. The van der Waals surface area contributed by atoms with E-state index in [1.165, 1.54) is 12.7 Å². The molecule has 0 spiro atoms. The Balaban J connectivity index is 1.99. The molecular weight excluding hydrogens is 360 g/mol. The van der Waals surface area contributed by atoms with Crippen LogP contribution in [-0.4, -0.2) is 27.3 Å². The van der Waals surface area contributed by atoms with Gasteiger partial charge in [0.05, 0.1) is 21.3 Å². The molecule has 0 aliphatic carbocycles. The predicted molar refractivity (Wildman–Crippen MR) is 109 cm³/mol. The second-order valence-electron chi connectivity index (χ2n) is 5.95. The van der Waals surface area contributed by atoms with Gasteiger partial charge in [-0.3, -0.25) is 0 Å². The first-order chi connectivity index (χ1) is 13.2. The summed E-state index contributed by atoms with van der Waals surface area (Å²) in [6, 6.07) is 16.2. The van der Waals surface area contributed by atoms with E-state index in [4.69, 9.17) is 14.2 Å². The highest BCUT2D eigenvalue weighted by Gasteiger charge is 2.09. The molecule has 144 valence electrons. The molecule has 0 aromatic heterocycles. The maximum Gasteiger partial charge on any atom is 0.331 e. The van der Waals surface area contributed by atoms with Crippen LogP contribution in [0.2, 0.25) is 0 Å². The van der Waals surface area contributed by atoms with Crippen LogP contribution in [0.5, 0.6) is 11.5 Å². The Morgan fingerprint density at radius 2 is 1.70 bits per heavy atom. The summed E-state index contributed by atoms with van der Waals surface area (Å²) in [5.74, 6) is 1.02. The summed E-state index contributed by atoms with van der Waals surface area (Å²) in [5.41, 5.74) is 1.34. The number of aryl methyl sites for hydroxylation is 1. The number of rotatable bonds is 10. The molecule has 2 rings (SSSR count). The van der Waals surface area contributed by atoms with Crippen LogP contribution in [0.15, 0.2) is 64.4 Å². The number of unbranched alkanes of at least 4 members (excludes halogenated alkanes) is 1. The van der Waals surface area contributed by atoms with E-state index in [9.17, 15) is 4.79 Å². The lowest BCUT2D eigenvalue weighted by Crippen LogP contribution is -1.97. The van der Waals surface area contributed by atoms with Crippen molar-refractivity contribution in [3.8, 4) is 11.5 Å². The lowest BCUT2D eigenvalue weighted by atomic mass is 10.1. The molecule has 0 N–H and O–H groups in total. The topological polar surface area (TPSA) is 44.8 Å². The smallest absolute Gasteiger partial charge is 0.331 e. The molecule has 0 saturated carbocycles. The standard InChI is InChI=1S/C22H26O4S/c1-24-20-14-13-19(15-21(20)25-2)27-18(16-22(23)26-3)12-8-7-11-17-9-5-4-6-10-17/h4-6,9-10,13-16H,7-8,11-12H2,1-3H3/b18-16+. The van der Waals surface area contributed by atoms with Crippen LogP contribution in [0.4, 0.5) is 0 Å². The van der Waals surface area contributed by atoms with Crippen molar-refractivity contribution in [2.75, 3.05) is 21.3 Å². The highest BCUT2D eigenvalue weighted by Crippen LogP contribution is 2.36. The summed E-state index contributed by atoms with van der Waals surface area (Å²) in [5, 5.41) is 0. The second-order valence-corrected chi connectivity index (χ2v) is 7.15. The third-order valence-corrected chi connectivity index (χ3v) is 5.14. The van der Waals surface area contributed by atoms with Crippen molar-refractivity contribution in [2.45, 2.75) is 30.6 Å². The molecule has 27 heavy (non-hydrogen) atoms. The fraction of sp³-hybridized carbons (Fsp3) is 0.318. The molecule has 2 aromatic carbocycles. The first-order valence-corrected chi connectivity index (χ1v) is 9.70. The molecule has 0 atom stereocenters. The lowest BCUT2D eigenvalue weighted by Gasteiger charge is -2.11. The van der Waals surface area contributed by atoms with E-state index in [0.29, 0.717) is 11.5 Å². The minimum absolute atomic E-state index is 0.332. The normalized spacial score (nSPS) is 11.1. The minimum Gasteiger partial charge on any atom is -0.493 e. The van der Waals surface area contributed by atoms with Crippen molar-refractivity contribution in [3.63, 3.8) is 0 Å². The van der Waals surface area contributed by atoms with E-state index >= 15 is 0 Å². The van der Waals surface area contributed by atoms with Gasteiger partial charge in [0.15, 0.2) is 11.5 Å². The Bertz CT molecular complexity index is 756. The maximum atomic E-state index is 11.7. The second kappa shape index (κ2) is 11.3. The lowest BCUT2D eigenvalue weighted by molar-refractivity contribution is -0.134. The monoisotopic (exact) mass is 386 g/mol. The minimum atomic E-state index is -0.332. The van der Waals surface area contributed by atoms with Gasteiger partial charge < -0.3 is 14.2 Å². The van der Waals surface area contributed by atoms with Gasteiger partial charge in [-0.15, -0.1) is 0 Å². The molecule has 0 fully saturated rings. The number of thioether (sulfide) groups is 1. The number of benzene rings is 2. The zero-order valence-corrected chi connectivity index (χ0v) is 16.9. The zero-order chi connectivity index (χ0) is 19.5. The van der Waals surface area contributed by atoms with Crippen LogP contribution < -0.4 is 9.47 Å². The van der Waals surface area contributed by atoms with Gasteiger partial charge in [0, 0.05) is 11.0 Å². The third-order valence-electron chi connectivity index (χ3n) is 4.07. The molecule has 0 bridgehead atoms. The zero-order valence-electron chi connectivity index (χ0n) is 16.1. The average molecular weight is 387 g/mol. The fourth-order valence-corrected chi connectivity index (χ4v) is 3.65. The van der Waals surface area contributed by atoms with E-state index in [1.54, 1.807) is 32.1 Å². The predicted octanol–water partition coefficient (Wildman–Crippen LogP) is 5.27. The fourth-order valence-electron chi connectivity index (χ4n) is 2.65. The van der Waals surface area contributed by atoms with Crippen molar-refractivity contribution >= 4 is 17.7 Å². The summed E-state index contributed by atoms with van der Waals surface area (Å²) in [6.45, 7) is 0. The molecule has 2 aromatic rings. The summed E-state index contributed by atoms with van der Waals surface area (Å²) >= 11 is 1.55. The van der Waals surface area contributed by atoms with E-state index < -0.39 is 0 Å². The number of ether oxygens (including phenoxy) is 3. The molecule has 0 saturated heterocycles. The first-order valence-electron chi connectivity index (χ1n) is 8.88. The molecule has 0 radical (unpaired) electrons. The molecule has 0 heterocycles. The van der Waals surface area contributed by atoms with Crippen molar-refractivity contribution in [3.05, 3.63) is 65.1 Å². The van der Waals surface area contributed by atoms with Gasteiger partial charge in [-0.2, -0.15) is 0 Å². The van der Waals surface area contributed by atoms with Crippen LogP contribution in [0, 0.1) is 0 Å². The Morgan fingerprint density at radius 3 is 2.37 bits per heavy atom. The number of carbonyl (C=O) groups is 1. The molecule has 0 aliphatic rings. The average Bonchev–Trinajstić information content (AvgIpc) is 2.71. The van der Waals surface area contributed by atoms with Crippen LogP contribution >= 0.6 is 11.8 Å². The van der Waals surface area contributed by atoms with Crippen molar-refractivity contribution in [2.24, 2.45) is 0 Å². The molecule has 0 unspecified atom stereocenters.